The molecule has 21 heavy (non-hydrogen) atoms. The largest absolute Gasteiger partial charge is 0.468 e. The molecular formula is C16H20O5. The van der Waals surface area contributed by atoms with Crippen molar-refractivity contribution in [2.24, 2.45) is 11.3 Å². The third-order valence-corrected chi connectivity index (χ3v) is 4.40. The zero-order valence-corrected chi connectivity index (χ0v) is 12.2. The predicted molar refractivity (Wildman–Crippen MR) is 75.5 cm³/mol. The third kappa shape index (κ3) is 2.42. The molecule has 5 nitrogen and oxygen atoms in total. The van der Waals surface area contributed by atoms with Crippen LogP contribution >= 0.6 is 0 Å². The van der Waals surface area contributed by atoms with Crippen LogP contribution in [-0.2, 0) is 19.1 Å². The van der Waals surface area contributed by atoms with Crippen LogP contribution in [0.3, 0.4) is 0 Å². The number of esters is 2. The van der Waals surface area contributed by atoms with Crippen molar-refractivity contribution < 1.29 is 24.2 Å². The number of hydrogen-bond donors (Lipinski definition) is 1. The van der Waals surface area contributed by atoms with E-state index in [1.165, 1.54) is 14.2 Å². The lowest BCUT2D eigenvalue weighted by atomic mass is 9.71. The summed E-state index contributed by atoms with van der Waals surface area (Å²) < 4.78 is 9.77. The number of aliphatic hydroxyl groups excluding tert-OH is 1. The van der Waals surface area contributed by atoms with Crippen molar-refractivity contribution in [1.82, 2.24) is 0 Å². The lowest BCUT2D eigenvalue weighted by molar-refractivity contribution is -0.170. The Labute approximate surface area is 123 Å². The predicted octanol–water partition coefficient (Wildman–Crippen LogP) is 1.50. The van der Waals surface area contributed by atoms with Gasteiger partial charge in [-0.05, 0) is 24.3 Å². The maximum Gasteiger partial charge on any atom is 0.323 e. The van der Waals surface area contributed by atoms with Crippen LogP contribution in [-0.4, -0.2) is 37.9 Å². The fourth-order valence-electron chi connectivity index (χ4n) is 3.46. The zero-order chi connectivity index (χ0) is 15.5. The highest BCUT2D eigenvalue weighted by molar-refractivity contribution is 6.01. The normalized spacial score (nSPS) is 23.6. The maximum atomic E-state index is 12.4. The smallest absolute Gasteiger partial charge is 0.323 e. The summed E-state index contributed by atoms with van der Waals surface area (Å²) in [4.78, 5) is 24.8. The lowest BCUT2D eigenvalue weighted by Crippen LogP contribution is -2.44. The minimum absolute atomic E-state index is 0.0880. The van der Waals surface area contributed by atoms with Gasteiger partial charge >= 0.3 is 11.9 Å². The average Bonchev–Trinajstić information content (AvgIpc) is 2.94. The van der Waals surface area contributed by atoms with Crippen molar-refractivity contribution in [3.05, 3.63) is 35.9 Å². The van der Waals surface area contributed by atoms with Gasteiger partial charge in [0.25, 0.3) is 0 Å². The SMILES string of the molecule is COC(=O)C1(C(=O)OC)CC[C@H](CO)[C@H]1c1ccccc1. The first-order chi connectivity index (χ1) is 10.1. The van der Waals surface area contributed by atoms with Crippen LogP contribution in [0.1, 0.15) is 24.3 Å². The Hall–Kier alpha value is -1.88. The van der Waals surface area contributed by atoms with Crippen LogP contribution in [0.25, 0.3) is 0 Å². The number of rotatable bonds is 4. The molecular weight excluding hydrogens is 272 g/mol. The van der Waals surface area contributed by atoms with Crippen molar-refractivity contribution in [2.45, 2.75) is 18.8 Å². The molecule has 0 saturated heterocycles. The van der Waals surface area contributed by atoms with E-state index in [2.05, 4.69) is 0 Å². The van der Waals surface area contributed by atoms with Gasteiger partial charge in [0.1, 0.15) is 0 Å². The van der Waals surface area contributed by atoms with E-state index >= 15 is 0 Å². The van der Waals surface area contributed by atoms with E-state index in [9.17, 15) is 14.7 Å². The Morgan fingerprint density at radius 1 is 1.19 bits per heavy atom. The first-order valence-corrected chi connectivity index (χ1v) is 6.94. The van der Waals surface area contributed by atoms with E-state index in [0.29, 0.717) is 12.8 Å². The van der Waals surface area contributed by atoms with Gasteiger partial charge in [-0.1, -0.05) is 30.3 Å². The number of methoxy groups -OCH3 is 2. The molecule has 0 unspecified atom stereocenters. The van der Waals surface area contributed by atoms with E-state index in [-0.39, 0.29) is 12.5 Å². The summed E-state index contributed by atoms with van der Waals surface area (Å²) in [6, 6.07) is 9.28. The van der Waals surface area contributed by atoms with E-state index < -0.39 is 23.3 Å². The van der Waals surface area contributed by atoms with E-state index in [0.717, 1.165) is 5.56 Å². The molecule has 114 valence electrons. The molecule has 1 aromatic rings. The molecule has 0 spiro atoms. The van der Waals surface area contributed by atoms with Gasteiger partial charge < -0.3 is 14.6 Å². The van der Waals surface area contributed by atoms with Crippen molar-refractivity contribution in [3.8, 4) is 0 Å². The minimum atomic E-state index is -1.38. The molecule has 1 saturated carbocycles. The molecule has 1 aliphatic rings. The van der Waals surface area contributed by atoms with E-state index in [1.54, 1.807) is 0 Å². The molecule has 2 atom stereocenters. The van der Waals surface area contributed by atoms with E-state index in [4.69, 9.17) is 9.47 Å². The monoisotopic (exact) mass is 292 g/mol. The molecule has 1 fully saturated rings. The summed E-state index contributed by atoms with van der Waals surface area (Å²) in [7, 11) is 2.53. The second kappa shape index (κ2) is 6.26. The summed E-state index contributed by atoms with van der Waals surface area (Å²) in [5.41, 5.74) is -0.539. The molecule has 2 rings (SSSR count). The number of benzene rings is 1. The van der Waals surface area contributed by atoms with Crippen LogP contribution in [0.15, 0.2) is 30.3 Å². The first-order valence-electron chi connectivity index (χ1n) is 6.94. The highest BCUT2D eigenvalue weighted by Gasteiger charge is 2.60. The number of carbonyl (C=O) groups is 2. The Bertz CT molecular complexity index is 495. The van der Waals surface area contributed by atoms with Gasteiger partial charge in [-0.3, -0.25) is 9.59 Å². The molecule has 1 aliphatic carbocycles. The Morgan fingerprint density at radius 2 is 1.76 bits per heavy atom. The highest BCUT2D eigenvalue weighted by Crippen LogP contribution is 2.54. The highest BCUT2D eigenvalue weighted by atomic mass is 16.5. The number of carbonyl (C=O) groups excluding carboxylic acids is 2. The standard InChI is InChI=1S/C16H20O5/c1-20-14(18)16(15(19)21-2)9-8-12(10-17)13(16)11-6-4-3-5-7-11/h3-7,12-13,17H,8-10H2,1-2H3/t12-,13-/m1/s1. The first kappa shape index (κ1) is 15.5. The molecule has 5 heteroatoms. The minimum Gasteiger partial charge on any atom is -0.468 e. The summed E-state index contributed by atoms with van der Waals surface area (Å²) in [5.74, 6) is -1.81. The Balaban J connectivity index is 2.56. The van der Waals surface area contributed by atoms with Crippen molar-refractivity contribution >= 4 is 11.9 Å². The molecule has 0 aromatic heterocycles. The van der Waals surface area contributed by atoms with Gasteiger partial charge in [-0.25, -0.2) is 0 Å². The molecule has 0 heterocycles. The van der Waals surface area contributed by atoms with Crippen LogP contribution in [0, 0.1) is 11.3 Å². The number of aliphatic hydroxyl groups is 1. The fraction of sp³-hybridized carbons (Fsp3) is 0.500. The van der Waals surface area contributed by atoms with Crippen molar-refractivity contribution in [2.75, 3.05) is 20.8 Å². The van der Waals surface area contributed by atoms with Crippen molar-refractivity contribution in [3.63, 3.8) is 0 Å². The summed E-state index contributed by atoms with van der Waals surface area (Å²) >= 11 is 0. The average molecular weight is 292 g/mol. The molecule has 1 N–H and O–H groups in total. The molecule has 0 bridgehead atoms. The topological polar surface area (TPSA) is 72.8 Å². The summed E-state index contributed by atoms with van der Waals surface area (Å²) in [5, 5.41) is 9.63. The second-order valence-corrected chi connectivity index (χ2v) is 5.32. The van der Waals surface area contributed by atoms with Gasteiger partial charge in [-0.2, -0.15) is 0 Å². The fourth-order valence-corrected chi connectivity index (χ4v) is 3.46. The van der Waals surface area contributed by atoms with Gasteiger partial charge in [0.05, 0.1) is 14.2 Å². The van der Waals surface area contributed by atoms with Crippen LogP contribution in [0.4, 0.5) is 0 Å². The Morgan fingerprint density at radius 3 is 2.24 bits per heavy atom. The third-order valence-electron chi connectivity index (χ3n) is 4.40. The summed E-state index contributed by atoms with van der Waals surface area (Å²) in [6.45, 7) is -0.0880. The van der Waals surface area contributed by atoms with Gasteiger partial charge in [0, 0.05) is 12.5 Å². The number of ether oxygens (including phenoxy) is 2. The molecule has 1 aromatic carbocycles. The quantitative estimate of drug-likeness (QED) is 0.672. The van der Waals surface area contributed by atoms with Crippen LogP contribution < -0.4 is 0 Å². The number of hydrogen-bond acceptors (Lipinski definition) is 5. The lowest BCUT2D eigenvalue weighted by Gasteiger charge is -2.32. The van der Waals surface area contributed by atoms with Gasteiger partial charge in [-0.15, -0.1) is 0 Å². The van der Waals surface area contributed by atoms with Crippen LogP contribution in [0.2, 0.25) is 0 Å². The van der Waals surface area contributed by atoms with Gasteiger partial charge in [0.2, 0.25) is 0 Å². The van der Waals surface area contributed by atoms with Crippen LogP contribution in [0.5, 0.6) is 0 Å². The molecule has 0 amide bonds. The second-order valence-electron chi connectivity index (χ2n) is 5.32. The zero-order valence-electron chi connectivity index (χ0n) is 12.2. The molecule has 0 aliphatic heterocycles. The Kier molecular flexibility index (Phi) is 4.63. The maximum absolute atomic E-state index is 12.4. The summed E-state index contributed by atoms with van der Waals surface area (Å²) in [6.07, 6.45) is 0.886. The van der Waals surface area contributed by atoms with Gasteiger partial charge in [0.15, 0.2) is 5.41 Å². The van der Waals surface area contributed by atoms with E-state index in [1.807, 2.05) is 30.3 Å². The van der Waals surface area contributed by atoms with Crippen molar-refractivity contribution in [1.29, 1.82) is 0 Å². The molecule has 0 radical (unpaired) electrons.